The molecule has 1 aliphatic heterocycles. The van der Waals surface area contributed by atoms with Gasteiger partial charge in [0.15, 0.2) is 17.7 Å². The van der Waals surface area contributed by atoms with Crippen molar-refractivity contribution >= 4 is 36.6 Å². The molecule has 1 saturated heterocycles. The molecule has 5 unspecified atom stereocenters. The van der Waals surface area contributed by atoms with Gasteiger partial charge in [0.1, 0.15) is 35.8 Å². The Hall–Kier alpha value is -3.66. The number of rotatable bonds is 10. The molecular weight excluding hydrogens is 537 g/mol. The summed E-state index contributed by atoms with van der Waals surface area (Å²) < 4.78 is 23.3. The molecule has 0 bridgehead atoms. The van der Waals surface area contributed by atoms with E-state index in [1.807, 2.05) is 0 Å². The molecule has 0 radical (unpaired) electrons. The van der Waals surface area contributed by atoms with E-state index in [0.717, 1.165) is 0 Å². The zero-order valence-corrected chi connectivity index (χ0v) is 21.7. The Morgan fingerprint density at radius 1 is 1.21 bits per heavy atom. The van der Waals surface area contributed by atoms with Gasteiger partial charge in [0, 0.05) is 20.4 Å². The number of aromatic hydroxyl groups is 1. The van der Waals surface area contributed by atoms with Gasteiger partial charge in [-0.1, -0.05) is 12.1 Å². The molecule has 0 aliphatic carbocycles. The number of nitrogens with one attached hydrogen (secondary N) is 3. The van der Waals surface area contributed by atoms with E-state index in [0.29, 0.717) is 22.5 Å². The number of hydrogen-bond donors (Lipinski definition) is 7. The van der Waals surface area contributed by atoms with Crippen molar-refractivity contribution in [3.8, 4) is 5.75 Å². The Morgan fingerprint density at radius 2 is 1.92 bits per heavy atom. The summed E-state index contributed by atoms with van der Waals surface area (Å²) in [6.45, 7) is 0.567. The summed E-state index contributed by atoms with van der Waals surface area (Å²) in [7, 11) is -3.27. The molecule has 2 aromatic heterocycles. The number of phosphoric ester groups is 1. The van der Waals surface area contributed by atoms with Crippen LogP contribution in [0, 0.1) is 0 Å². The minimum Gasteiger partial charge on any atom is -0.508 e. The number of ether oxygens (including phenoxy) is 1. The standard InChI is InChI=1S/C22H28N7O9P/c1-11(30)27-14(7-12-3-5-13(31)6-4-12)21(33)28-16-15(8-37-39(34,35)36)38-22(18(16)32)29-10-26-17-19(23-2)24-9-25-20(17)29/h3-6,9-10,14-16,18,22,31-32H,7-8H2,1-2H3,(H,27,30)(H,28,33)(H,23,24,25)(H2,34,35,36). The zero-order valence-electron chi connectivity index (χ0n) is 20.8. The fourth-order valence-corrected chi connectivity index (χ4v) is 4.61. The van der Waals surface area contributed by atoms with Crippen LogP contribution in [0.15, 0.2) is 36.9 Å². The maximum Gasteiger partial charge on any atom is 0.469 e. The van der Waals surface area contributed by atoms with Crippen LogP contribution >= 0.6 is 7.82 Å². The monoisotopic (exact) mass is 565 g/mol. The molecule has 0 saturated carbocycles. The average molecular weight is 565 g/mol. The number of phenols is 1. The van der Waals surface area contributed by atoms with Gasteiger partial charge >= 0.3 is 7.82 Å². The van der Waals surface area contributed by atoms with Crippen molar-refractivity contribution in [3.05, 3.63) is 42.5 Å². The van der Waals surface area contributed by atoms with Crippen LogP contribution in [0.1, 0.15) is 18.7 Å². The number of anilines is 1. The highest BCUT2D eigenvalue weighted by Crippen LogP contribution is 2.39. The van der Waals surface area contributed by atoms with Gasteiger partial charge in [-0.15, -0.1) is 0 Å². The van der Waals surface area contributed by atoms with Gasteiger partial charge < -0.3 is 40.7 Å². The van der Waals surface area contributed by atoms with Crippen LogP contribution in [0.4, 0.5) is 5.82 Å². The first kappa shape index (κ1) is 28.4. The summed E-state index contributed by atoms with van der Waals surface area (Å²) >= 11 is 0. The lowest BCUT2D eigenvalue weighted by Crippen LogP contribution is -2.55. The third-order valence-electron chi connectivity index (χ3n) is 6.03. The van der Waals surface area contributed by atoms with E-state index in [9.17, 15) is 34.2 Å². The van der Waals surface area contributed by atoms with E-state index < -0.39 is 56.8 Å². The summed E-state index contributed by atoms with van der Waals surface area (Å²) in [5.41, 5.74) is 1.31. The zero-order chi connectivity index (χ0) is 28.3. The Kier molecular flexibility index (Phi) is 8.44. The molecule has 39 heavy (non-hydrogen) atoms. The molecule has 5 atom stereocenters. The van der Waals surface area contributed by atoms with Crippen LogP contribution < -0.4 is 16.0 Å². The summed E-state index contributed by atoms with van der Waals surface area (Å²) in [6.07, 6.45) is -1.15. The van der Waals surface area contributed by atoms with E-state index in [1.165, 1.54) is 36.3 Å². The average Bonchev–Trinajstić information content (AvgIpc) is 3.44. The normalized spacial score (nSPS) is 22.0. The molecule has 2 amide bonds. The molecule has 1 fully saturated rings. The van der Waals surface area contributed by atoms with Gasteiger partial charge in [-0.3, -0.25) is 18.7 Å². The third-order valence-corrected chi connectivity index (χ3v) is 6.52. The summed E-state index contributed by atoms with van der Waals surface area (Å²) in [5, 5.41) is 28.8. The van der Waals surface area contributed by atoms with Crippen LogP contribution in [0.25, 0.3) is 11.2 Å². The van der Waals surface area contributed by atoms with Crippen molar-refractivity contribution in [2.75, 3.05) is 19.0 Å². The first-order chi connectivity index (χ1) is 18.5. The number of benzene rings is 1. The molecule has 4 rings (SSSR count). The number of fused-ring (bicyclic) bond motifs is 1. The second-order valence-corrected chi connectivity index (χ2v) is 10.0. The van der Waals surface area contributed by atoms with E-state index in [2.05, 4.69) is 35.4 Å². The van der Waals surface area contributed by atoms with Gasteiger partial charge in [0.25, 0.3) is 0 Å². The SMILES string of the molecule is CNc1ncnc2c1ncn2C1OC(COP(=O)(O)O)C(NC(=O)C(Cc2ccc(O)cc2)NC(C)=O)C1O. The molecular formula is C22H28N7O9P. The molecule has 16 nitrogen and oxygen atoms in total. The molecule has 210 valence electrons. The molecule has 3 aromatic rings. The summed E-state index contributed by atoms with van der Waals surface area (Å²) in [4.78, 5) is 56.1. The molecule has 3 heterocycles. The Bertz CT molecular complexity index is 1380. The van der Waals surface area contributed by atoms with Gasteiger partial charge in [-0.25, -0.2) is 19.5 Å². The topological polar surface area (TPSA) is 230 Å². The molecule has 17 heteroatoms. The van der Waals surface area contributed by atoms with Gasteiger partial charge in [-0.2, -0.15) is 0 Å². The van der Waals surface area contributed by atoms with Crippen LogP contribution in [0.2, 0.25) is 0 Å². The Balaban J connectivity index is 1.60. The number of imidazole rings is 1. The van der Waals surface area contributed by atoms with Crippen molar-refractivity contribution in [1.82, 2.24) is 30.2 Å². The lowest BCUT2D eigenvalue weighted by atomic mass is 10.0. The van der Waals surface area contributed by atoms with Crippen molar-refractivity contribution in [2.24, 2.45) is 0 Å². The lowest BCUT2D eigenvalue weighted by molar-refractivity contribution is -0.129. The number of amides is 2. The predicted octanol–water partition coefficient (Wildman–Crippen LogP) is -0.827. The Labute approximate surface area is 221 Å². The smallest absolute Gasteiger partial charge is 0.469 e. The van der Waals surface area contributed by atoms with Gasteiger partial charge in [0.2, 0.25) is 11.8 Å². The third kappa shape index (κ3) is 6.68. The molecule has 7 N–H and O–H groups in total. The van der Waals surface area contributed by atoms with Gasteiger partial charge in [-0.05, 0) is 17.7 Å². The van der Waals surface area contributed by atoms with Crippen LogP contribution in [-0.4, -0.2) is 89.3 Å². The fourth-order valence-electron chi connectivity index (χ4n) is 4.27. The number of hydrogen-bond acceptors (Lipinski definition) is 11. The molecule has 1 aromatic carbocycles. The van der Waals surface area contributed by atoms with Crippen molar-refractivity contribution in [1.29, 1.82) is 0 Å². The van der Waals surface area contributed by atoms with Crippen molar-refractivity contribution in [2.45, 2.75) is 43.9 Å². The number of aliphatic hydroxyl groups is 1. The first-order valence-electron chi connectivity index (χ1n) is 11.7. The largest absolute Gasteiger partial charge is 0.508 e. The maximum atomic E-state index is 13.3. The number of phosphoric acid groups is 1. The summed E-state index contributed by atoms with van der Waals surface area (Å²) in [6, 6.07) is 3.75. The lowest BCUT2D eigenvalue weighted by Gasteiger charge is -2.25. The highest BCUT2D eigenvalue weighted by molar-refractivity contribution is 7.46. The minimum atomic E-state index is -4.92. The number of phenolic OH excluding ortho intramolecular Hbond substituents is 1. The van der Waals surface area contributed by atoms with E-state index in [-0.39, 0.29) is 12.2 Å². The second kappa shape index (κ2) is 11.6. The second-order valence-electron chi connectivity index (χ2n) is 8.80. The Morgan fingerprint density at radius 3 is 2.56 bits per heavy atom. The van der Waals surface area contributed by atoms with Gasteiger partial charge in [0.05, 0.1) is 19.0 Å². The summed E-state index contributed by atoms with van der Waals surface area (Å²) in [5.74, 6) is -0.724. The van der Waals surface area contributed by atoms with Crippen molar-refractivity contribution < 1.29 is 43.4 Å². The number of carbonyl (C=O) groups is 2. The van der Waals surface area contributed by atoms with Crippen LogP contribution in [0.3, 0.4) is 0 Å². The maximum absolute atomic E-state index is 13.3. The number of aromatic nitrogens is 4. The minimum absolute atomic E-state index is 0.0311. The molecule has 1 aliphatic rings. The van der Waals surface area contributed by atoms with E-state index >= 15 is 0 Å². The fraction of sp³-hybridized carbons (Fsp3) is 0.409. The van der Waals surface area contributed by atoms with E-state index in [1.54, 1.807) is 19.2 Å². The molecule has 0 spiro atoms. The first-order valence-corrected chi connectivity index (χ1v) is 13.2. The van der Waals surface area contributed by atoms with E-state index in [4.69, 9.17) is 4.74 Å². The number of aliphatic hydroxyl groups excluding tert-OH is 1. The number of nitrogens with zero attached hydrogens (tertiary/aromatic N) is 4. The highest BCUT2D eigenvalue weighted by Gasteiger charge is 2.47. The predicted molar refractivity (Wildman–Crippen MR) is 134 cm³/mol. The van der Waals surface area contributed by atoms with Crippen LogP contribution in [0.5, 0.6) is 5.75 Å². The van der Waals surface area contributed by atoms with Crippen LogP contribution in [-0.2, 0) is 29.8 Å². The van der Waals surface area contributed by atoms with Crippen molar-refractivity contribution in [3.63, 3.8) is 0 Å². The quantitative estimate of drug-likeness (QED) is 0.149. The number of carbonyl (C=O) groups excluding carboxylic acids is 2. The highest BCUT2D eigenvalue weighted by atomic mass is 31.2.